The molecule has 3 amide bonds. The summed E-state index contributed by atoms with van der Waals surface area (Å²) in [6.07, 6.45) is 1.47. The summed E-state index contributed by atoms with van der Waals surface area (Å²) >= 11 is 0. The van der Waals surface area contributed by atoms with Crippen LogP contribution < -0.4 is 11.1 Å². The number of urea groups is 1. The molecular weight excluding hydrogens is 268 g/mol. The molecule has 0 aliphatic carbocycles. The van der Waals surface area contributed by atoms with Crippen molar-refractivity contribution in [1.29, 1.82) is 0 Å². The van der Waals surface area contributed by atoms with Crippen molar-refractivity contribution >= 4 is 17.6 Å². The zero-order valence-corrected chi connectivity index (χ0v) is 11.9. The fourth-order valence-electron chi connectivity index (χ4n) is 2.98. The lowest BCUT2D eigenvalue weighted by Crippen LogP contribution is -2.54. The van der Waals surface area contributed by atoms with E-state index < -0.39 is 0 Å². The summed E-state index contributed by atoms with van der Waals surface area (Å²) in [5.41, 5.74) is 7.35. The maximum Gasteiger partial charge on any atom is 0.321 e. The predicted octanol–water partition coefficient (Wildman–Crippen LogP) is 0.984. The Labute approximate surface area is 123 Å². The summed E-state index contributed by atoms with van der Waals surface area (Å²) in [5.74, 6) is 0.220. The number of nitrogens with two attached hydrogens (primary N) is 1. The minimum absolute atomic E-state index is 0.102. The maximum atomic E-state index is 12.3. The molecule has 3 rings (SSSR count). The largest absolute Gasteiger partial charge is 0.336 e. The van der Waals surface area contributed by atoms with Crippen molar-refractivity contribution in [1.82, 2.24) is 9.80 Å². The van der Waals surface area contributed by atoms with Crippen LogP contribution >= 0.6 is 0 Å². The van der Waals surface area contributed by atoms with Crippen LogP contribution in [0.1, 0.15) is 18.4 Å². The SMILES string of the molecule is NCc1ccc(NC(=O)N2CCN3C(=O)CCC3C2)cc1. The number of amides is 3. The van der Waals surface area contributed by atoms with Crippen molar-refractivity contribution in [3.8, 4) is 0 Å². The number of anilines is 1. The molecule has 21 heavy (non-hydrogen) atoms. The van der Waals surface area contributed by atoms with Crippen LogP contribution in [0.25, 0.3) is 0 Å². The van der Waals surface area contributed by atoms with Gasteiger partial charge in [-0.05, 0) is 24.1 Å². The molecule has 1 atom stereocenters. The van der Waals surface area contributed by atoms with Crippen LogP contribution in [0.15, 0.2) is 24.3 Å². The summed E-state index contributed by atoms with van der Waals surface area (Å²) in [6, 6.07) is 7.61. The van der Waals surface area contributed by atoms with Crippen LogP contribution in [-0.4, -0.2) is 47.4 Å². The first-order chi connectivity index (χ1) is 10.2. The first-order valence-electron chi connectivity index (χ1n) is 7.32. The highest BCUT2D eigenvalue weighted by Crippen LogP contribution is 2.23. The third kappa shape index (κ3) is 2.85. The Morgan fingerprint density at radius 1 is 1.29 bits per heavy atom. The van der Waals surface area contributed by atoms with Gasteiger partial charge >= 0.3 is 6.03 Å². The van der Waals surface area contributed by atoms with Gasteiger partial charge in [0.25, 0.3) is 0 Å². The fraction of sp³-hybridized carbons (Fsp3) is 0.467. The zero-order valence-electron chi connectivity index (χ0n) is 11.9. The number of fused-ring (bicyclic) bond motifs is 1. The molecule has 1 aromatic rings. The van der Waals surface area contributed by atoms with Crippen molar-refractivity contribution in [3.05, 3.63) is 29.8 Å². The highest BCUT2D eigenvalue weighted by atomic mass is 16.2. The van der Waals surface area contributed by atoms with Gasteiger partial charge in [-0.25, -0.2) is 4.79 Å². The molecular formula is C15H20N4O2. The van der Waals surface area contributed by atoms with E-state index >= 15 is 0 Å². The van der Waals surface area contributed by atoms with E-state index in [1.807, 2.05) is 29.2 Å². The molecule has 1 unspecified atom stereocenters. The van der Waals surface area contributed by atoms with Crippen LogP contribution in [0.5, 0.6) is 0 Å². The van der Waals surface area contributed by atoms with Crippen molar-refractivity contribution in [3.63, 3.8) is 0 Å². The highest BCUT2D eigenvalue weighted by molar-refractivity contribution is 5.89. The second-order valence-corrected chi connectivity index (χ2v) is 5.56. The van der Waals surface area contributed by atoms with Gasteiger partial charge in [0.05, 0.1) is 0 Å². The summed E-state index contributed by atoms with van der Waals surface area (Å²) < 4.78 is 0. The summed E-state index contributed by atoms with van der Waals surface area (Å²) in [4.78, 5) is 27.6. The minimum Gasteiger partial charge on any atom is -0.336 e. The lowest BCUT2D eigenvalue weighted by atomic mass is 10.1. The number of carbonyl (C=O) groups excluding carboxylic acids is 2. The van der Waals surface area contributed by atoms with E-state index in [2.05, 4.69) is 5.32 Å². The Balaban J connectivity index is 1.59. The van der Waals surface area contributed by atoms with Gasteiger partial charge in [0.2, 0.25) is 5.91 Å². The maximum absolute atomic E-state index is 12.3. The molecule has 0 radical (unpaired) electrons. The van der Waals surface area contributed by atoms with Crippen molar-refractivity contribution in [2.45, 2.75) is 25.4 Å². The second kappa shape index (κ2) is 5.73. The van der Waals surface area contributed by atoms with E-state index in [4.69, 9.17) is 5.73 Å². The smallest absolute Gasteiger partial charge is 0.321 e. The number of rotatable bonds is 2. The monoisotopic (exact) mass is 288 g/mol. The standard InChI is InChI=1S/C15H20N4O2/c16-9-11-1-3-12(4-2-11)17-15(21)18-7-8-19-13(10-18)5-6-14(19)20/h1-4,13H,5-10,16H2,(H,17,21). The van der Waals surface area contributed by atoms with Gasteiger partial charge in [-0.2, -0.15) is 0 Å². The lowest BCUT2D eigenvalue weighted by Gasteiger charge is -2.37. The Hall–Kier alpha value is -2.08. The molecule has 0 spiro atoms. The summed E-state index contributed by atoms with van der Waals surface area (Å²) in [7, 11) is 0. The number of benzene rings is 1. The molecule has 112 valence electrons. The van der Waals surface area contributed by atoms with Crippen LogP contribution in [0.3, 0.4) is 0 Å². The van der Waals surface area contributed by atoms with Gasteiger partial charge in [-0.3, -0.25) is 4.79 Å². The highest BCUT2D eigenvalue weighted by Gasteiger charge is 2.36. The Morgan fingerprint density at radius 3 is 2.76 bits per heavy atom. The van der Waals surface area contributed by atoms with Gasteiger partial charge in [-0.1, -0.05) is 12.1 Å². The van der Waals surface area contributed by atoms with E-state index in [1.54, 1.807) is 4.90 Å². The molecule has 2 saturated heterocycles. The minimum atomic E-state index is -0.102. The zero-order chi connectivity index (χ0) is 14.8. The molecule has 2 heterocycles. The summed E-state index contributed by atoms with van der Waals surface area (Å²) in [6.45, 7) is 2.35. The molecule has 6 heteroatoms. The normalized spacial score (nSPS) is 21.4. The molecule has 2 fully saturated rings. The molecule has 6 nitrogen and oxygen atoms in total. The van der Waals surface area contributed by atoms with Gasteiger partial charge < -0.3 is 20.9 Å². The molecule has 2 aliphatic rings. The number of carbonyl (C=O) groups is 2. The van der Waals surface area contributed by atoms with Crippen molar-refractivity contribution < 1.29 is 9.59 Å². The number of nitrogens with one attached hydrogen (secondary N) is 1. The molecule has 0 saturated carbocycles. The van der Waals surface area contributed by atoms with Crippen LogP contribution in [0.4, 0.5) is 10.5 Å². The average molecular weight is 288 g/mol. The third-order valence-corrected chi connectivity index (χ3v) is 4.22. The van der Waals surface area contributed by atoms with E-state index in [1.165, 1.54) is 0 Å². The molecule has 3 N–H and O–H groups in total. The number of piperazine rings is 1. The van der Waals surface area contributed by atoms with Crippen LogP contribution in [-0.2, 0) is 11.3 Å². The van der Waals surface area contributed by atoms with Crippen molar-refractivity contribution in [2.75, 3.05) is 25.0 Å². The Bertz CT molecular complexity index is 543. The van der Waals surface area contributed by atoms with E-state index in [-0.39, 0.29) is 18.0 Å². The van der Waals surface area contributed by atoms with Gasteiger partial charge in [-0.15, -0.1) is 0 Å². The average Bonchev–Trinajstić information content (AvgIpc) is 2.89. The molecule has 1 aromatic carbocycles. The molecule has 2 aliphatic heterocycles. The first kappa shape index (κ1) is 13.9. The fourth-order valence-corrected chi connectivity index (χ4v) is 2.98. The predicted molar refractivity (Wildman–Crippen MR) is 79.7 cm³/mol. The number of hydrogen-bond acceptors (Lipinski definition) is 3. The van der Waals surface area contributed by atoms with E-state index in [9.17, 15) is 9.59 Å². The van der Waals surface area contributed by atoms with Gasteiger partial charge in [0, 0.05) is 44.3 Å². The molecule has 0 bridgehead atoms. The van der Waals surface area contributed by atoms with Gasteiger partial charge in [0.1, 0.15) is 0 Å². The van der Waals surface area contributed by atoms with Crippen LogP contribution in [0, 0.1) is 0 Å². The van der Waals surface area contributed by atoms with Crippen molar-refractivity contribution in [2.24, 2.45) is 5.73 Å². The number of hydrogen-bond donors (Lipinski definition) is 2. The molecule has 0 aromatic heterocycles. The number of nitrogens with zero attached hydrogens (tertiary/aromatic N) is 2. The second-order valence-electron chi connectivity index (χ2n) is 5.56. The topological polar surface area (TPSA) is 78.7 Å². The van der Waals surface area contributed by atoms with E-state index in [0.29, 0.717) is 32.6 Å². The van der Waals surface area contributed by atoms with Crippen LogP contribution in [0.2, 0.25) is 0 Å². The Kier molecular flexibility index (Phi) is 3.79. The quantitative estimate of drug-likeness (QED) is 0.851. The van der Waals surface area contributed by atoms with Gasteiger partial charge in [0.15, 0.2) is 0 Å². The summed E-state index contributed by atoms with van der Waals surface area (Å²) in [5, 5.41) is 2.90. The Morgan fingerprint density at radius 2 is 2.05 bits per heavy atom. The first-order valence-corrected chi connectivity index (χ1v) is 7.32. The third-order valence-electron chi connectivity index (χ3n) is 4.22. The van der Waals surface area contributed by atoms with E-state index in [0.717, 1.165) is 17.7 Å². The lowest BCUT2D eigenvalue weighted by molar-refractivity contribution is -0.130.